The molecule has 0 spiro atoms. The van der Waals surface area contributed by atoms with Crippen LogP contribution in [-0.2, 0) is 0 Å². The average Bonchev–Trinajstić information content (AvgIpc) is 3.62. The van der Waals surface area contributed by atoms with Gasteiger partial charge in [-0.2, -0.15) is 0 Å². The van der Waals surface area contributed by atoms with Gasteiger partial charge in [0.05, 0.1) is 0 Å². The Balaban J connectivity index is 1.26. The molecule has 48 heavy (non-hydrogen) atoms. The Morgan fingerprint density at radius 3 is 1.17 bits per heavy atom. The number of benzene rings is 8. The van der Waals surface area contributed by atoms with E-state index in [1.54, 1.807) is 0 Å². The molecular weight excluding hydrogens is 574 g/mol. The maximum Gasteiger partial charge on any atom is 0.244 e. The molecule has 0 radical (unpaired) electrons. The lowest BCUT2D eigenvalue weighted by atomic mass is 9.34. The molecule has 0 N–H and O–H groups in total. The summed E-state index contributed by atoms with van der Waals surface area (Å²) >= 11 is 0. The number of hydrogen-bond donors (Lipinski definition) is 0. The largest absolute Gasteiger partial charge is 0.244 e. The van der Waals surface area contributed by atoms with Crippen molar-refractivity contribution in [1.82, 2.24) is 0 Å². The van der Waals surface area contributed by atoms with E-state index in [-0.39, 0.29) is 13.4 Å². The smallest absolute Gasteiger partial charge is 0.0664 e. The topological polar surface area (TPSA) is 0 Å². The fraction of sp³-hybridized carbons (Fsp3) is 0.130. The van der Waals surface area contributed by atoms with Crippen LogP contribution >= 0.6 is 0 Å². The fourth-order valence-corrected chi connectivity index (χ4v) is 10.5. The molecule has 12 rings (SSSR count). The van der Waals surface area contributed by atoms with E-state index in [2.05, 4.69) is 137 Å². The van der Waals surface area contributed by atoms with Crippen LogP contribution in [0, 0.1) is 0 Å². The van der Waals surface area contributed by atoms with Crippen LogP contribution in [-0.4, -0.2) is 13.4 Å². The molecule has 0 saturated heterocycles. The van der Waals surface area contributed by atoms with Gasteiger partial charge in [0, 0.05) is 0 Å². The Kier molecular flexibility index (Phi) is 4.59. The number of rotatable bonds is 2. The van der Waals surface area contributed by atoms with Gasteiger partial charge in [0.2, 0.25) is 13.4 Å². The van der Waals surface area contributed by atoms with E-state index >= 15 is 0 Å². The zero-order valence-corrected chi connectivity index (χ0v) is 27.7. The third-order valence-electron chi connectivity index (χ3n) is 12.6. The van der Waals surface area contributed by atoms with E-state index in [1.807, 2.05) is 0 Å². The second-order valence-corrected chi connectivity index (χ2v) is 15.5. The Labute approximate surface area is 281 Å². The van der Waals surface area contributed by atoms with Gasteiger partial charge in [-0.05, 0) is 99.8 Å². The van der Waals surface area contributed by atoms with E-state index < -0.39 is 0 Å². The zero-order valence-electron chi connectivity index (χ0n) is 27.7. The highest BCUT2D eigenvalue weighted by Gasteiger charge is 2.44. The Hall–Kier alpha value is -5.07. The summed E-state index contributed by atoms with van der Waals surface area (Å²) in [6, 6.07) is 43.4. The molecule has 4 aliphatic heterocycles. The van der Waals surface area contributed by atoms with Crippen LogP contribution in [0.3, 0.4) is 0 Å². The van der Waals surface area contributed by atoms with E-state index in [9.17, 15) is 0 Å². The predicted molar refractivity (Wildman–Crippen MR) is 209 cm³/mol. The number of fused-ring (bicyclic) bond motifs is 10. The monoisotopic (exact) mass is 606 g/mol. The zero-order chi connectivity index (χ0) is 31.7. The lowest BCUT2D eigenvalue weighted by Gasteiger charge is -2.31. The molecule has 0 atom stereocenters. The standard InChI is InChI=1S/C46H32B2/c1-23(2)27-17-33-29-9-5-7-11-37(29)47-39-21-26-14-16-32-36-20-28(24(3)4)18-34-30-10-6-8-12-38(30)48(46(34)36)40-22-25-13-15-31(35(19-27)45(33)47)43(39)41(25)42(26)44(32)40/h5-24H,1-4H3. The first-order chi connectivity index (χ1) is 23.5. The molecule has 8 aromatic carbocycles. The van der Waals surface area contributed by atoms with Crippen LogP contribution in [0.5, 0.6) is 0 Å². The van der Waals surface area contributed by atoms with Crippen molar-refractivity contribution in [2.24, 2.45) is 0 Å². The van der Waals surface area contributed by atoms with Crippen LogP contribution in [0.2, 0.25) is 0 Å². The first kappa shape index (κ1) is 26.0. The van der Waals surface area contributed by atoms with Crippen LogP contribution < -0.4 is 32.8 Å². The van der Waals surface area contributed by atoms with Gasteiger partial charge in [0.15, 0.2) is 0 Å². The lowest BCUT2D eigenvalue weighted by molar-refractivity contribution is 0.868. The van der Waals surface area contributed by atoms with Crippen molar-refractivity contribution >= 4 is 78.5 Å². The summed E-state index contributed by atoms with van der Waals surface area (Å²) < 4.78 is 0. The quantitative estimate of drug-likeness (QED) is 0.139. The molecule has 2 heteroatoms. The summed E-state index contributed by atoms with van der Waals surface area (Å²) in [5.74, 6) is 0.939. The minimum atomic E-state index is 0.263. The van der Waals surface area contributed by atoms with Crippen LogP contribution in [0.15, 0.2) is 109 Å². The van der Waals surface area contributed by atoms with E-state index in [1.165, 1.54) is 121 Å². The normalized spacial score (nSPS) is 14.1. The third-order valence-corrected chi connectivity index (χ3v) is 12.6. The van der Waals surface area contributed by atoms with Crippen molar-refractivity contribution in [1.29, 1.82) is 0 Å². The van der Waals surface area contributed by atoms with Crippen LogP contribution in [0.25, 0.3) is 76.8 Å². The van der Waals surface area contributed by atoms with Gasteiger partial charge in [-0.3, -0.25) is 0 Å². The van der Waals surface area contributed by atoms with Crippen molar-refractivity contribution < 1.29 is 0 Å². The average molecular weight is 606 g/mol. The summed E-state index contributed by atoms with van der Waals surface area (Å²) in [6.07, 6.45) is 0. The van der Waals surface area contributed by atoms with E-state index in [0.29, 0.717) is 11.8 Å². The molecule has 0 amide bonds. The Bertz CT molecular complexity index is 2610. The van der Waals surface area contributed by atoms with Crippen molar-refractivity contribution in [2.45, 2.75) is 39.5 Å². The molecular formula is C46H32B2. The molecule has 4 heterocycles. The summed E-state index contributed by atoms with van der Waals surface area (Å²) in [4.78, 5) is 0. The first-order valence-electron chi connectivity index (χ1n) is 17.8. The van der Waals surface area contributed by atoms with Crippen molar-refractivity contribution in [3.05, 3.63) is 120 Å². The van der Waals surface area contributed by atoms with Crippen molar-refractivity contribution in [2.75, 3.05) is 0 Å². The second-order valence-electron chi connectivity index (χ2n) is 15.5. The summed E-state index contributed by atoms with van der Waals surface area (Å²) in [5, 5.41) is 8.62. The van der Waals surface area contributed by atoms with Gasteiger partial charge >= 0.3 is 0 Å². The molecule has 0 aliphatic carbocycles. The highest BCUT2D eigenvalue weighted by Crippen LogP contribution is 2.47. The van der Waals surface area contributed by atoms with Gasteiger partial charge in [0.1, 0.15) is 0 Å². The SMILES string of the molecule is CC(C)c1cc2c3c(c1)-c1ccc4cc5c6c(ccc7cc(c1c4c76)B3c1ccccc1-2)-c1cc(C(C)C)cc2c1B5c1ccccc1-2. The predicted octanol–water partition coefficient (Wildman–Crippen LogP) is 7.78. The van der Waals surface area contributed by atoms with Gasteiger partial charge in [-0.15, -0.1) is 0 Å². The molecule has 4 aliphatic rings. The first-order valence-corrected chi connectivity index (χ1v) is 17.8. The molecule has 0 fully saturated rings. The molecule has 0 unspecified atom stereocenters. The molecule has 0 aromatic heterocycles. The van der Waals surface area contributed by atoms with Gasteiger partial charge in [-0.1, -0.05) is 170 Å². The minimum absolute atomic E-state index is 0.263. The van der Waals surface area contributed by atoms with Crippen LogP contribution in [0.1, 0.15) is 50.7 Å². The minimum Gasteiger partial charge on any atom is -0.0664 e. The molecule has 0 nitrogen and oxygen atoms in total. The molecule has 0 saturated carbocycles. The summed E-state index contributed by atoms with van der Waals surface area (Å²) in [6.45, 7) is 9.87. The lowest BCUT2D eigenvalue weighted by Crippen LogP contribution is -2.52. The Morgan fingerprint density at radius 2 is 0.750 bits per heavy atom. The van der Waals surface area contributed by atoms with E-state index in [0.717, 1.165) is 0 Å². The fourth-order valence-electron chi connectivity index (χ4n) is 10.5. The maximum atomic E-state index is 2.58. The highest BCUT2D eigenvalue weighted by atomic mass is 14.3. The summed E-state index contributed by atoms with van der Waals surface area (Å²) in [5.41, 5.74) is 23.2. The molecule has 8 aromatic rings. The van der Waals surface area contributed by atoms with Crippen LogP contribution in [0.4, 0.5) is 0 Å². The van der Waals surface area contributed by atoms with Gasteiger partial charge in [0.25, 0.3) is 0 Å². The van der Waals surface area contributed by atoms with Gasteiger partial charge in [-0.25, -0.2) is 0 Å². The van der Waals surface area contributed by atoms with Crippen molar-refractivity contribution in [3.63, 3.8) is 0 Å². The second kappa shape index (κ2) is 8.50. The number of hydrogen-bond acceptors (Lipinski definition) is 0. The molecule has 0 bridgehead atoms. The van der Waals surface area contributed by atoms with Crippen molar-refractivity contribution in [3.8, 4) is 44.5 Å². The maximum absolute atomic E-state index is 2.58. The third kappa shape index (κ3) is 2.86. The Morgan fingerprint density at radius 1 is 0.354 bits per heavy atom. The van der Waals surface area contributed by atoms with E-state index in [4.69, 9.17) is 0 Å². The van der Waals surface area contributed by atoms with Gasteiger partial charge < -0.3 is 0 Å². The molecule has 222 valence electrons. The highest BCUT2D eigenvalue weighted by molar-refractivity contribution is 7.03. The summed E-state index contributed by atoms with van der Waals surface area (Å²) in [7, 11) is 0.